The summed E-state index contributed by atoms with van der Waals surface area (Å²) in [7, 11) is 0. The normalized spacial score (nSPS) is 11.4. The zero-order valence-corrected chi connectivity index (χ0v) is 12.8. The van der Waals surface area contributed by atoms with Gasteiger partial charge in [-0.25, -0.2) is 0 Å². The van der Waals surface area contributed by atoms with Crippen LogP contribution in [0, 0.1) is 0 Å². The quantitative estimate of drug-likeness (QED) is 0.361. The van der Waals surface area contributed by atoms with E-state index in [0.29, 0.717) is 17.1 Å². The molecule has 0 heterocycles. The van der Waals surface area contributed by atoms with Crippen molar-refractivity contribution in [1.29, 1.82) is 0 Å². The number of rotatable bonds is 3. The van der Waals surface area contributed by atoms with E-state index in [0.717, 1.165) is 8.95 Å². The van der Waals surface area contributed by atoms with Crippen LogP contribution >= 0.6 is 31.9 Å². The van der Waals surface area contributed by atoms with Crippen LogP contribution in [0.25, 0.3) is 0 Å². The van der Waals surface area contributed by atoms with E-state index in [1.54, 1.807) is 18.2 Å². The van der Waals surface area contributed by atoms with Gasteiger partial charge in [0.25, 0.3) is 0 Å². The van der Waals surface area contributed by atoms with Gasteiger partial charge in [-0.05, 0) is 52.3 Å². The summed E-state index contributed by atoms with van der Waals surface area (Å²) in [5.41, 5.74) is 6.13. The van der Waals surface area contributed by atoms with Gasteiger partial charge in [-0.1, -0.05) is 27.2 Å². The van der Waals surface area contributed by atoms with E-state index in [2.05, 4.69) is 37.0 Å². The van der Waals surface area contributed by atoms with Crippen LogP contribution in [0.1, 0.15) is 5.56 Å². The number of hydrogen-bond acceptors (Lipinski definition) is 3. The van der Waals surface area contributed by atoms with Crippen LogP contribution in [-0.4, -0.2) is 11.0 Å². The van der Waals surface area contributed by atoms with E-state index in [9.17, 15) is 0 Å². The molecule has 0 saturated heterocycles. The van der Waals surface area contributed by atoms with Crippen molar-refractivity contribution in [2.75, 3.05) is 0 Å². The van der Waals surface area contributed by atoms with Gasteiger partial charge in [-0.3, -0.25) is 0 Å². The molecule has 6 heteroatoms. The van der Waals surface area contributed by atoms with Crippen molar-refractivity contribution in [3.8, 4) is 11.5 Å². The first kappa shape index (κ1) is 13.9. The maximum atomic E-state index is 8.63. The topological polar surface area (TPSA) is 67.8 Å². The molecule has 3 N–H and O–H groups in total. The monoisotopic (exact) mass is 384 g/mol. The second-order valence-corrected chi connectivity index (χ2v) is 5.46. The van der Waals surface area contributed by atoms with E-state index in [1.165, 1.54) is 0 Å². The fraction of sp³-hybridized carbons (Fsp3) is 0. The molecule has 19 heavy (non-hydrogen) atoms. The molecule has 98 valence electrons. The van der Waals surface area contributed by atoms with Crippen molar-refractivity contribution >= 4 is 37.7 Å². The highest BCUT2D eigenvalue weighted by Gasteiger charge is 2.07. The smallest absolute Gasteiger partial charge is 0.170 e. The Kier molecular flexibility index (Phi) is 4.44. The maximum absolute atomic E-state index is 8.63. The zero-order chi connectivity index (χ0) is 13.8. The van der Waals surface area contributed by atoms with Crippen molar-refractivity contribution in [1.82, 2.24) is 0 Å². The highest BCUT2D eigenvalue weighted by Crippen LogP contribution is 2.31. The molecule has 0 aliphatic carbocycles. The third-order valence-electron chi connectivity index (χ3n) is 2.36. The van der Waals surface area contributed by atoms with E-state index < -0.39 is 0 Å². The molecule has 4 nitrogen and oxygen atoms in total. The minimum atomic E-state index is 0.0507. The number of nitrogens with two attached hydrogens (primary N) is 1. The average Bonchev–Trinajstić information content (AvgIpc) is 2.40. The lowest BCUT2D eigenvalue weighted by atomic mass is 10.2. The average molecular weight is 386 g/mol. The molecule has 0 saturated carbocycles. The Morgan fingerprint density at radius 1 is 1.16 bits per heavy atom. The Balaban J connectivity index is 2.27. The number of ether oxygens (including phenoxy) is 1. The molecule has 2 aromatic rings. The summed E-state index contributed by atoms with van der Waals surface area (Å²) >= 11 is 6.77. The summed E-state index contributed by atoms with van der Waals surface area (Å²) in [5.74, 6) is 1.41. The molecule has 0 radical (unpaired) electrons. The van der Waals surface area contributed by atoms with Gasteiger partial charge >= 0.3 is 0 Å². The van der Waals surface area contributed by atoms with Crippen LogP contribution in [0.4, 0.5) is 0 Å². The van der Waals surface area contributed by atoms with Crippen LogP contribution in [0.15, 0.2) is 56.6 Å². The molecule has 0 amide bonds. The Morgan fingerprint density at radius 2 is 1.95 bits per heavy atom. The molecule has 2 aromatic carbocycles. The van der Waals surface area contributed by atoms with Crippen LogP contribution < -0.4 is 10.5 Å². The van der Waals surface area contributed by atoms with Crippen molar-refractivity contribution in [3.05, 3.63) is 57.0 Å². The molecule has 0 aliphatic heterocycles. The van der Waals surface area contributed by atoms with Gasteiger partial charge in [0.05, 0.1) is 4.47 Å². The van der Waals surface area contributed by atoms with E-state index in [-0.39, 0.29) is 5.84 Å². The van der Waals surface area contributed by atoms with Crippen molar-refractivity contribution in [2.24, 2.45) is 10.9 Å². The van der Waals surface area contributed by atoms with Gasteiger partial charge < -0.3 is 15.7 Å². The minimum Gasteiger partial charge on any atom is -0.456 e. The Labute approximate surface area is 127 Å². The molecule has 0 fully saturated rings. The van der Waals surface area contributed by atoms with Crippen LogP contribution in [0.5, 0.6) is 11.5 Å². The molecule has 2 rings (SSSR count). The van der Waals surface area contributed by atoms with E-state index in [1.807, 2.05) is 24.3 Å². The van der Waals surface area contributed by atoms with Gasteiger partial charge in [-0.15, -0.1) is 0 Å². The standard InChI is InChI=1S/C13H10Br2N2O2/c14-9-2-1-3-10(7-9)19-12-5-4-8(6-11(12)15)13(16)17-18/h1-7,18H,(H2,16,17). The van der Waals surface area contributed by atoms with Gasteiger partial charge in [0.15, 0.2) is 5.84 Å². The molecule has 0 aromatic heterocycles. The fourth-order valence-electron chi connectivity index (χ4n) is 1.46. The first-order valence-electron chi connectivity index (χ1n) is 5.31. The molecule has 0 spiro atoms. The summed E-state index contributed by atoms with van der Waals surface area (Å²) in [6.45, 7) is 0. The van der Waals surface area contributed by atoms with Gasteiger partial charge in [0.2, 0.25) is 0 Å². The molecular formula is C13H10Br2N2O2. The summed E-state index contributed by atoms with van der Waals surface area (Å²) in [4.78, 5) is 0. The first-order chi connectivity index (χ1) is 9.10. The zero-order valence-electron chi connectivity index (χ0n) is 9.68. The van der Waals surface area contributed by atoms with Gasteiger partial charge in [0.1, 0.15) is 11.5 Å². The Morgan fingerprint density at radius 3 is 2.58 bits per heavy atom. The number of nitrogens with zero attached hydrogens (tertiary/aromatic N) is 1. The molecule has 0 aliphatic rings. The predicted molar refractivity (Wildman–Crippen MR) is 80.9 cm³/mol. The van der Waals surface area contributed by atoms with E-state index >= 15 is 0 Å². The van der Waals surface area contributed by atoms with E-state index in [4.69, 9.17) is 15.7 Å². The number of oxime groups is 1. The summed E-state index contributed by atoms with van der Waals surface area (Å²) in [5, 5.41) is 11.6. The number of hydrogen-bond donors (Lipinski definition) is 2. The molecule has 0 bridgehead atoms. The number of benzene rings is 2. The van der Waals surface area contributed by atoms with Crippen molar-refractivity contribution in [3.63, 3.8) is 0 Å². The Hall–Kier alpha value is -1.53. The fourth-order valence-corrected chi connectivity index (χ4v) is 2.30. The highest BCUT2D eigenvalue weighted by molar-refractivity contribution is 9.10. The number of halogens is 2. The predicted octanol–water partition coefficient (Wildman–Crippen LogP) is 4.10. The third kappa shape index (κ3) is 3.48. The first-order valence-corrected chi connectivity index (χ1v) is 6.89. The highest BCUT2D eigenvalue weighted by atomic mass is 79.9. The SMILES string of the molecule is N/C(=N/O)c1ccc(Oc2cccc(Br)c2)c(Br)c1. The summed E-state index contributed by atoms with van der Waals surface area (Å²) in [6, 6.07) is 12.7. The largest absolute Gasteiger partial charge is 0.456 e. The van der Waals surface area contributed by atoms with Crippen molar-refractivity contribution < 1.29 is 9.94 Å². The van der Waals surface area contributed by atoms with Crippen LogP contribution in [0.2, 0.25) is 0 Å². The Bertz CT molecular complexity index is 630. The summed E-state index contributed by atoms with van der Waals surface area (Å²) in [6.07, 6.45) is 0. The third-order valence-corrected chi connectivity index (χ3v) is 3.47. The molecule has 0 atom stereocenters. The second-order valence-electron chi connectivity index (χ2n) is 3.69. The second kappa shape index (κ2) is 6.08. The lowest BCUT2D eigenvalue weighted by Crippen LogP contribution is -2.12. The minimum absolute atomic E-state index is 0.0507. The van der Waals surface area contributed by atoms with Crippen molar-refractivity contribution in [2.45, 2.75) is 0 Å². The van der Waals surface area contributed by atoms with Gasteiger partial charge in [-0.2, -0.15) is 0 Å². The van der Waals surface area contributed by atoms with Crippen LogP contribution in [-0.2, 0) is 0 Å². The maximum Gasteiger partial charge on any atom is 0.170 e. The lowest BCUT2D eigenvalue weighted by molar-refractivity contribution is 0.318. The summed E-state index contributed by atoms with van der Waals surface area (Å²) < 4.78 is 7.40. The molecular weight excluding hydrogens is 376 g/mol. The van der Waals surface area contributed by atoms with Crippen LogP contribution in [0.3, 0.4) is 0 Å². The number of amidine groups is 1. The van der Waals surface area contributed by atoms with Gasteiger partial charge in [0, 0.05) is 10.0 Å². The molecule has 0 unspecified atom stereocenters. The lowest BCUT2D eigenvalue weighted by Gasteiger charge is -2.09.